The number of hydrogen-bond acceptors (Lipinski definition) is 4. The SMILES string of the molecule is COC(=O)C(Br)CNOCC(C)C. The van der Waals surface area contributed by atoms with Gasteiger partial charge in [0.15, 0.2) is 0 Å². The van der Waals surface area contributed by atoms with Crippen molar-refractivity contribution in [2.45, 2.75) is 18.7 Å². The van der Waals surface area contributed by atoms with Crippen LogP contribution in [0.5, 0.6) is 0 Å². The quantitative estimate of drug-likeness (QED) is 0.334. The number of methoxy groups -OCH3 is 1. The molecule has 0 saturated heterocycles. The van der Waals surface area contributed by atoms with E-state index in [-0.39, 0.29) is 10.8 Å². The molecule has 0 fully saturated rings. The third-order valence-corrected chi connectivity index (χ3v) is 1.94. The zero-order chi connectivity index (χ0) is 10.3. The lowest BCUT2D eigenvalue weighted by molar-refractivity contribution is -0.140. The Bertz CT molecular complexity index is 152. The molecule has 0 aromatic heterocycles. The molecule has 1 atom stereocenters. The van der Waals surface area contributed by atoms with Crippen molar-refractivity contribution >= 4 is 21.9 Å². The monoisotopic (exact) mass is 253 g/mol. The molecule has 13 heavy (non-hydrogen) atoms. The average Bonchev–Trinajstić information content (AvgIpc) is 2.10. The molecule has 4 nitrogen and oxygen atoms in total. The van der Waals surface area contributed by atoms with Crippen LogP contribution in [0.25, 0.3) is 0 Å². The van der Waals surface area contributed by atoms with Crippen molar-refractivity contribution < 1.29 is 14.4 Å². The summed E-state index contributed by atoms with van der Waals surface area (Å²) >= 11 is 3.15. The standard InChI is InChI=1S/C8H16BrNO3/c1-6(2)5-13-10-4-7(9)8(11)12-3/h6-7,10H,4-5H2,1-3H3. The van der Waals surface area contributed by atoms with Gasteiger partial charge >= 0.3 is 5.97 Å². The predicted octanol–water partition coefficient (Wildman–Crippen LogP) is 1.10. The van der Waals surface area contributed by atoms with E-state index >= 15 is 0 Å². The van der Waals surface area contributed by atoms with Crippen molar-refractivity contribution in [1.82, 2.24) is 5.48 Å². The minimum absolute atomic E-state index is 0.305. The number of carbonyl (C=O) groups is 1. The largest absolute Gasteiger partial charge is 0.468 e. The molecule has 0 bridgehead atoms. The predicted molar refractivity (Wildman–Crippen MR) is 53.5 cm³/mol. The van der Waals surface area contributed by atoms with Gasteiger partial charge in [-0.15, -0.1) is 0 Å². The highest BCUT2D eigenvalue weighted by molar-refractivity contribution is 9.10. The third-order valence-electron chi connectivity index (χ3n) is 1.24. The minimum atomic E-state index is -0.357. The van der Waals surface area contributed by atoms with Gasteiger partial charge in [0.25, 0.3) is 0 Å². The number of halogens is 1. The first-order valence-corrected chi connectivity index (χ1v) is 5.06. The summed E-state index contributed by atoms with van der Waals surface area (Å²) in [7, 11) is 1.35. The molecule has 5 heteroatoms. The van der Waals surface area contributed by atoms with E-state index in [0.717, 1.165) is 0 Å². The van der Waals surface area contributed by atoms with E-state index in [1.165, 1.54) is 7.11 Å². The van der Waals surface area contributed by atoms with Crippen LogP contribution in [0.4, 0.5) is 0 Å². The first-order valence-electron chi connectivity index (χ1n) is 4.14. The summed E-state index contributed by atoms with van der Waals surface area (Å²) in [5.74, 6) is 0.167. The molecule has 0 heterocycles. The van der Waals surface area contributed by atoms with Crippen LogP contribution in [0, 0.1) is 5.92 Å². The summed E-state index contributed by atoms with van der Waals surface area (Å²) in [4.78, 5) is 15.6. The molecule has 0 aromatic rings. The lowest BCUT2D eigenvalue weighted by Gasteiger charge is -2.10. The molecule has 0 spiro atoms. The number of ether oxygens (including phenoxy) is 1. The maximum atomic E-state index is 10.9. The summed E-state index contributed by atoms with van der Waals surface area (Å²) in [6.45, 7) is 5.13. The average molecular weight is 254 g/mol. The smallest absolute Gasteiger partial charge is 0.320 e. The number of rotatable bonds is 6. The molecule has 0 amide bonds. The van der Waals surface area contributed by atoms with Gasteiger partial charge in [-0.1, -0.05) is 29.8 Å². The second-order valence-electron chi connectivity index (χ2n) is 3.04. The molecule has 0 radical (unpaired) electrons. The van der Waals surface area contributed by atoms with Gasteiger partial charge in [0.1, 0.15) is 4.83 Å². The fourth-order valence-electron chi connectivity index (χ4n) is 0.569. The fourth-order valence-corrected chi connectivity index (χ4v) is 0.888. The molecular formula is C8H16BrNO3. The maximum absolute atomic E-state index is 10.9. The zero-order valence-electron chi connectivity index (χ0n) is 8.17. The molecule has 0 aromatic carbocycles. The van der Waals surface area contributed by atoms with Gasteiger partial charge < -0.3 is 9.57 Å². The summed E-state index contributed by atoms with van der Waals surface area (Å²) in [5.41, 5.74) is 2.68. The second-order valence-corrected chi connectivity index (χ2v) is 4.15. The Kier molecular flexibility index (Phi) is 7.22. The highest BCUT2D eigenvalue weighted by atomic mass is 79.9. The van der Waals surface area contributed by atoms with E-state index in [4.69, 9.17) is 4.84 Å². The number of nitrogens with one attached hydrogen (secondary N) is 1. The number of alkyl halides is 1. The normalized spacial score (nSPS) is 13.0. The summed E-state index contributed by atoms with van der Waals surface area (Å²) < 4.78 is 4.51. The Balaban J connectivity index is 3.37. The van der Waals surface area contributed by atoms with Gasteiger partial charge in [-0.05, 0) is 5.92 Å². The number of esters is 1. The fraction of sp³-hybridized carbons (Fsp3) is 0.875. The first-order chi connectivity index (χ1) is 6.07. The second kappa shape index (κ2) is 7.29. The summed E-state index contributed by atoms with van der Waals surface area (Å²) in [6.07, 6.45) is 0. The maximum Gasteiger partial charge on any atom is 0.320 e. The third kappa shape index (κ3) is 6.98. The number of hydrogen-bond donors (Lipinski definition) is 1. The van der Waals surface area contributed by atoms with Crippen LogP contribution >= 0.6 is 15.9 Å². The molecule has 0 saturated carbocycles. The molecule has 1 N–H and O–H groups in total. The minimum Gasteiger partial charge on any atom is -0.468 e. The van der Waals surface area contributed by atoms with Crippen LogP contribution in [0.3, 0.4) is 0 Å². The highest BCUT2D eigenvalue weighted by Gasteiger charge is 2.14. The number of carbonyl (C=O) groups excluding carboxylic acids is 1. The molecule has 1 unspecified atom stereocenters. The van der Waals surface area contributed by atoms with Crippen molar-refractivity contribution in [2.24, 2.45) is 5.92 Å². The van der Waals surface area contributed by atoms with Crippen LogP contribution in [0.1, 0.15) is 13.8 Å². The first kappa shape index (κ1) is 12.9. The molecule has 78 valence electrons. The van der Waals surface area contributed by atoms with Gasteiger partial charge in [0, 0.05) is 6.54 Å². The Hall–Kier alpha value is -0.130. The van der Waals surface area contributed by atoms with Crippen molar-refractivity contribution in [1.29, 1.82) is 0 Å². The van der Waals surface area contributed by atoms with E-state index < -0.39 is 0 Å². The van der Waals surface area contributed by atoms with Gasteiger partial charge in [0.2, 0.25) is 0 Å². The number of hydroxylamine groups is 1. The summed E-state index contributed by atoms with van der Waals surface area (Å²) in [5, 5.41) is 0. The molecule has 0 aliphatic rings. The lowest BCUT2D eigenvalue weighted by Crippen LogP contribution is -2.30. The Labute approximate surface area is 87.1 Å². The van der Waals surface area contributed by atoms with E-state index in [2.05, 4.69) is 26.1 Å². The molecule has 0 aliphatic carbocycles. The van der Waals surface area contributed by atoms with Crippen LogP contribution in [0.15, 0.2) is 0 Å². The highest BCUT2D eigenvalue weighted by Crippen LogP contribution is 2.00. The Morgan fingerprint density at radius 1 is 1.54 bits per heavy atom. The van der Waals surface area contributed by atoms with Crippen molar-refractivity contribution in [3.8, 4) is 0 Å². The van der Waals surface area contributed by atoms with Crippen molar-refractivity contribution in [3.63, 3.8) is 0 Å². The van der Waals surface area contributed by atoms with Gasteiger partial charge in [-0.3, -0.25) is 4.79 Å². The van der Waals surface area contributed by atoms with E-state index in [1.54, 1.807) is 0 Å². The van der Waals surface area contributed by atoms with Crippen LogP contribution in [0.2, 0.25) is 0 Å². The van der Waals surface area contributed by atoms with E-state index in [0.29, 0.717) is 19.1 Å². The van der Waals surface area contributed by atoms with Gasteiger partial charge in [-0.25, -0.2) is 5.48 Å². The topological polar surface area (TPSA) is 47.6 Å². The van der Waals surface area contributed by atoms with Gasteiger partial charge in [0.05, 0.1) is 13.7 Å². The molecular weight excluding hydrogens is 238 g/mol. The van der Waals surface area contributed by atoms with E-state index in [9.17, 15) is 4.79 Å². The molecule has 0 rings (SSSR count). The lowest BCUT2D eigenvalue weighted by atomic mass is 10.2. The van der Waals surface area contributed by atoms with Crippen LogP contribution in [-0.4, -0.2) is 31.1 Å². The summed E-state index contributed by atoms with van der Waals surface area (Å²) in [6, 6.07) is 0. The van der Waals surface area contributed by atoms with E-state index in [1.807, 2.05) is 13.8 Å². The zero-order valence-corrected chi connectivity index (χ0v) is 9.76. The van der Waals surface area contributed by atoms with Crippen LogP contribution in [-0.2, 0) is 14.4 Å². The van der Waals surface area contributed by atoms with Crippen molar-refractivity contribution in [3.05, 3.63) is 0 Å². The van der Waals surface area contributed by atoms with Gasteiger partial charge in [-0.2, -0.15) is 0 Å². The van der Waals surface area contributed by atoms with Crippen LogP contribution < -0.4 is 5.48 Å². The van der Waals surface area contributed by atoms with Crippen molar-refractivity contribution in [2.75, 3.05) is 20.3 Å². The Morgan fingerprint density at radius 2 is 2.15 bits per heavy atom. The molecule has 0 aliphatic heterocycles. The Morgan fingerprint density at radius 3 is 2.62 bits per heavy atom.